The number of rotatable bonds is 5. The molecule has 1 aliphatic heterocycles. The molecule has 7 nitrogen and oxygen atoms in total. The number of aryl methyl sites for hydroxylation is 1. The van der Waals surface area contributed by atoms with Gasteiger partial charge in [0.25, 0.3) is 5.91 Å². The van der Waals surface area contributed by atoms with Crippen LogP contribution in [0, 0.1) is 6.92 Å². The predicted molar refractivity (Wildman–Crippen MR) is 92.7 cm³/mol. The lowest BCUT2D eigenvalue weighted by atomic mass is 10.1. The zero-order chi connectivity index (χ0) is 17.1. The number of thiazole rings is 1. The third-order valence-corrected chi connectivity index (χ3v) is 4.44. The second kappa shape index (κ2) is 6.79. The molecule has 124 valence electrons. The van der Waals surface area contributed by atoms with Gasteiger partial charge in [-0.25, -0.2) is 4.98 Å². The van der Waals surface area contributed by atoms with Crippen molar-refractivity contribution in [2.75, 3.05) is 5.01 Å². The summed E-state index contributed by atoms with van der Waals surface area (Å²) in [4.78, 5) is 28.3. The molecule has 1 aliphatic rings. The molecule has 2 aromatic rings. The molecule has 24 heavy (non-hydrogen) atoms. The van der Waals surface area contributed by atoms with Crippen molar-refractivity contribution in [2.24, 2.45) is 10.8 Å². The summed E-state index contributed by atoms with van der Waals surface area (Å²) in [6, 6.07) is 8.52. The van der Waals surface area contributed by atoms with Gasteiger partial charge in [0.1, 0.15) is 11.8 Å². The highest BCUT2D eigenvalue weighted by atomic mass is 32.1. The molecule has 0 radical (unpaired) electrons. The standard InChI is InChI=1S/C16H17N5O2S/c1-10-19-11(9-24-10)8-18-16(23)13-7-14(15(17)22)21(20-13)12-5-3-2-4-6-12/h2-6,9,14H,7-8H2,1H3,(H2,17,22)(H,18,23)/t14-/m1/s1. The number of benzene rings is 1. The molecule has 3 rings (SSSR count). The van der Waals surface area contributed by atoms with Crippen LogP contribution in [0.4, 0.5) is 5.69 Å². The maximum atomic E-state index is 12.3. The highest BCUT2D eigenvalue weighted by Gasteiger charge is 2.34. The minimum Gasteiger partial charge on any atom is -0.368 e. The molecule has 2 amide bonds. The molecule has 1 aromatic heterocycles. The number of anilines is 1. The van der Waals surface area contributed by atoms with Crippen LogP contribution in [0.25, 0.3) is 0 Å². The van der Waals surface area contributed by atoms with E-state index in [4.69, 9.17) is 5.73 Å². The number of primary amides is 1. The fourth-order valence-electron chi connectivity index (χ4n) is 2.45. The summed E-state index contributed by atoms with van der Waals surface area (Å²) in [6.45, 7) is 2.24. The molecule has 0 spiro atoms. The van der Waals surface area contributed by atoms with Gasteiger partial charge in [-0.05, 0) is 19.1 Å². The van der Waals surface area contributed by atoms with Crippen molar-refractivity contribution in [1.82, 2.24) is 10.3 Å². The number of nitrogens with two attached hydrogens (primary N) is 1. The number of carbonyl (C=O) groups excluding carboxylic acids is 2. The average Bonchev–Trinajstić information content (AvgIpc) is 3.20. The first-order chi connectivity index (χ1) is 11.5. The van der Waals surface area contributed by atoms with Crippen molar-refractivity contribution in [2.45, 2.75) is 25.9 Å². The third-order valence-electron chi connectivity index (χ3n) is 3.62. The Morgan fingerprint density at radius 2 is 2.12 bits per heavy atom. The van der Waals surface area contributed by atoms with Crippen molar-refractivity contribution in [3.63, 3.8) is 0 Å². The van der Waals surface area contributed by atoms with Gasteiger partial charge in [-0.3, -0.25) is 14.6 Å². The van der Waals surface area contributed by atoms with Gasteiger partial charge in [-0.1, -0.05) is 18.2 Å². The molecular weight excluding hydrogens is 326 g/mol. The van der Waals surface area contributed by atoms with Crippen LogP contribution in [0.2, 0.25) is 0 Å². The summed E-state index contributed by atoms with van der Waals surface area (Å²) in [5.41, 5.74) is 7.27. The highest BCUT2D eigenvalue weighted by molar-refractivity contribution is 7.09. The first kappa shape index (κ1) is 16.1. The number of carbonyl (C=O) groups is 2. The summed E-state index contributed by atoms with van der Waals surface area (Å²) in [5, 5.41) is 11.4. The molecule has 0 saturated carbocycles. The number of aromatic nitrogens is 1. The van der Waals surface area contributed by atoms with Gasteiger partial charge in [-0.15, -0.1) is 11.3 Å². The van der Waals surface area contributed by atoms with Crippen LogP contribution in [0.1, 0.15) is 17.1 Å². The number of nitrogens with zero attached hydrogens (tertiary/aromatic N) is 3. The van der Waals surface area contributed by atoms with Crippen LogP contribution in [0.3, 0.4) is 0 Å². The smallest absolute Gasteiger partial charge is 0.267 e. The van der Waals surface area contributed by atoms with E-state index >= 15 is 0 Å². The van der Waals surface area contributed by atoms with Gasteiger partial charge >= 0.3 is 0 Å². The normalized spacial score (nSPS) is 16.8. The number of hydrogen-bond donors (Lipinski definition) is 2. The Morgan fingerprint density at radius 1 is 1.38 bits per heavy atom. The summed E-state index contributed by atoms with van der Waals surface area (Å²) in [5.74, 6) is -0.828. The molecule has 0 saturated heterocycles. The number of nitrogens with one attached hydrogen (secondary N) is 1. The highest BCUT2D eigenvalue weighted by Crippen LogP contribution is 2.24. The van der Waals surface area contributed by atoms with Gasteiger partial charge in [-0.2, -0.15) is 5.10 Å². The van der Waals surface area contributed by atoms with Gasteiger partial charge in [0, 0.05) is 11.8 Å². The van der Waals surface area contributed by atoms with Crippen molar-refractivity contribution in [3.05, 3.63) is 46.4 Å². The maximum absolute atomic E-state index is 12.3. The van der Waals surface area contributed by atoms with E-state index in [-0.39, 0.29) is 18.0 Å². The zero-order valence-electron chi connectivity index (χ0n) is 13.1. The lowest BCUT2D eigenvalue weighted by Crippen LogP contribution is -2.39. The van der Waals surface area contributed by atoms with Crippen molar-refractivity contribution in [1.29, 1.82) is 0 Å². The van der Waals surface area contributed by atoms with Crippen molar-refractivity contribution >= 4 is 34.6 Å². The Morgan fingerprint density at radius 3 is 2.75 bits per heavy atom. The van der Waals surface area contributed by atoms with Gasteiger partial charge in [0.05, 0.1) is 22.9 Å². The van der Waals surface area contributed by atoms with E-state index in [9.17, 15) is 9.59 Å². The Balaban J connectivity index is 1.72. The molecule has 8 heteroatoms. The third kappa shape index (κ3) is 3.43. The van der Waals surface area contributed by atoms with E-state index in [2.05, 4.69) is 15.4 Å². The fraction of sp³-hybridized carbons (Fsp3) is 0.250. The molecule has 0 fully saturated rings. The molecule has 0 aliphatic carbocycles. The Labute approximate surface area is 143 Å². The molecule has 2 heterocycles. The van der Waals surface area contributed by atoms with Crippen LogP contribution in [-0.2, 0) is 16.1 Å². The van der Waals surface area contributed by atoms with E-state index < -0.39 is 11.9 Å². The zero-order valence-corrected chi connectivity index (χ0v) is 13.9. The first-order valence-electron chi connectivity index (χ1n) is 7.45. The molecule has 1 aromatic carbocycles. The number of hydrazone groups is 1. The number of amides is 2. The van der Waals surface area contributed by atoms with Crippen LogP contribution in [-0.4, -0.2) is 28.6 Å². The average molecular weight is 343 g/mol. The van der Waals surface area contributed by atoms with Gasteiger partial charge in [0.15, 0.2) is 0 Å². The van der Waals surface area contributed by atoms with E-state index in [1.165, 1.54) is 16.3 Å². The lowest BCUT2D eigenvalue weighted by molar-refractivity contribution is -0.119. The van der Waals surface area contributed by atoms with Crippen LogP contribution in [0.15, 0.2) is 40.8 Å². The van der Waals surface area contributed by atoms with Crippen molar-refractivity contribution < 1.29 is 9.59 Å². The summed E-state index contributed by atoms with van der Waals surface area (Å²) in [7, 11) is 0. The van der Waals surface area contributed by atoms with Crippen LogP contribution >= 0.6 is 11.3 Å². The Kier molecular flexibility index (Phi) is 4.57. The quantitative estimate of drug-likeness (QED) is 0.851. The van der Waals surface area contributed by atoms with Crippen LogP contribution < -0.4 is 16.1 Å². The first-order valence-corrected chi connectivity index (χ1v) is 8.33. The van der Waals surface area contributed by atoms with E-state index in [0.29, 0.717) is 6.54 Å². The Bertz CT molecular complexity index is 787. The van der Waals surface area contributed by atoms with E-state index in [1.54, 1.807) is 0 Å². The Hall–Kier alpha value is -2.74. The summed E-state index contributed by atoms with van der Waals surface area (Å²) < 4.78 is 0. The van der Waals surface area contributed by atoms with Crippen LogP contribution in [0.5, 0.6) is 0 Å². The SMILES string of the molecule is Cc1nc(CNC(=O)C2=NN(c3ccccc3)[C@@H](C(N)=O)C2)cs1. The summed E-state index contributed by atoms with van der Waals surface area (Å²) >= 11 is 1.53. The van der Waals surface area contributed by atoms with E-state index in [0.717, 1.165) is 16.4 Å². The molecule has 0 bridgehead atoms. The minimum absolute atomic E-state index is 0.187. The molecule has 1 atom stereocenters. The second-order valence-corrected chi connectivity index (χ2v) is 6.45. The summed E-state index contributed by atoms with van der Waals surface area (Å²) in [6.07, 6.45) is 0.187. The van der Waals surface area contributed by atoms with Gasteiger partial charge < -0.3 is 11.1 Å². The topological polar surface area (TPSA) is 101 Å². The largest absolute Gasteiger partial charge is 0.368 e. The van der Waals surface area contributed by atoms with Crippen molar-refractivity contribution in [3.8, 4) is 0 Å². The molecular formula is C16H17N5O2S. The molecule has 0 unspecified atom stereocenters. The molecule has 3 N–H and O–H groups in total. The number of para-hydroxylation sites is 1. The predicted octanol–water partition coefficient (Wildman–Crippen LogP) is 1.19. The monoisotopic (exact) mass is 343 g/mol. The van der Waals surface area contributed by atoms with E-state index in [1.807, 2.05) is 42.6 Å². The second-order valence-electron chi connectivity index (χ2n) is 5.39. The van der Waals surface area contributed by atoms with Gasteiger partial charge in [0.2, 0.25) is 5.91 Å². The number of hydrogen-bond acceptors (Lipinski definition) is 6. The lowest BCUT2D eigenvalue weighted by Gasteiger charge is -2.20. The minimum atomic E-state index is -0.658. The fourth-order valence-corrected chi connectivity index (χ4v) is 3.06. The maximum Gasteiger partial charge on any atom is 0.267 e.